The molecule has 5 nitrogen and oxygen atoms in total. The predicted molar refractivity (Wildman–Crippen MR) is 106 cm³/mol. The highest BCUT2D eigenvalue weighted by Gasteiger charge is 2.34. The van der Waals surface area contributed by atoms with Crippen LogP contribution in [-0.4, -0.2) is 25.5 Å². The van der Waals surface area contributed by atoms with Crippen LogP contribution in [0.15, 0.2) is 35.0 Å². The number of nitrogens with one attached hydrogen (secondary N) is 1. The summed E-state index contributed by atoms with van der Waals surface area (Å²) < 4.78 is 3.04. The van der Waals surface area contributed by atoms with Crippen molar-refractivity contribution in [3.05, 3.63) is 63.1 Å². The fraction of sp³-hybridized carbons (Fsp3) is 0.118. The van der Waals surface area contributed by atoms with Crippen molar-refractivity contribution in [1.29, 1.82) is 0 Å². The Kier molecular flexibility index (Phi) is 5.62. The van der Waals surface area contributed by atoms with Gasteiger partial charge in [-0.1, -0.05) is 69.2 Å². The highest BCUT2D eigenvalue weighted by Crippen LogP contribution is 2.37. The van der Waals surface area contributed by atoms with Crippen LogP contribution in [-0.2, 0) is 0 Å². The summed E-state index contributed by atoms with van der Waals surface area (Å²) in [5.74, 6) is -0.983. The van der Waals surface area contributed by atoms with Crippen LogP contribution >= 0.6 is 58.0 Å². The molecule has 2 heterocycles. The number of hydrogen-bond acceptors (Lipinski definition) is 4. The summed E-state index contributed by atoms with van der Waals surface area (Å²) in [7, 11) is 0. The molecule has 0 saturated heterocycles. The van der Waals surface area contributed by atoms with Gasteiger partial charge in [0.15, 0.2) is 5.78 Å². The number of rotatable bonds is 4. The number of aromatic nitrogens is 2. The fourth-order valence-corrected chi connectivity index (χ4v) is 3.37. The summed E-state index contributed by atoms with van der Waals surface area (Å²) in [5.41, 5.74) is 0.864. The van der Waals surface area contributed by atoms with Gasteiger partial charge in [0.1, 0.15) is 11.5 Å². The molecule has 0 aliphatic carbocycles. The number of aryl methyl sites for hydroxylation is 1. The van der Waals surface area contributed by atoms with Gasteiger partial charge in [-0.2, -0.15) is 0 Å². The molecule has 3 aromatic rings. The molecule has 0 spiro atoms. The standard InChI is InChI=1S/C17H9Cl5N2O3/c1-7-12(14(24-27-7)13-9(18)3-2-4-10(13)19)15(25)8-5-11(23-6-8)16(26)17(20,21)22/h2-6,23H,1H3. The molecule has 0 atom stereocenters. The average molecular weight is 467 g/mol. The number of ketones is 2. The first-order valence-corrected chi connectivity index (χ1v) is 9.25. The summed E-state index contributed by atoms with van der Waals surface area (Å²) in [6, 6.07) is 6.20. The summed E-state index contributed by atoms with van der Waals surface area (Å²) in [6.45, 7) is 1.58. The highest BCUT2D eigenvalue weighted by molar-refractivity contribution is 6.77. The molecule has 0 aliphatic rings. The third-order valence-electron chi connectivity index (χ3n) is 3.74. The monoisotopic (exact) mass is 464 g/mol. The number of alkyl halides is 3. The molecule has 0 fully saturated rings. The van der Waals surface area contributed by atoms with Gasteiger partial charge in [0.2, 0.25) is 5.78 Å². The first-order valence-electron chi connectivity index (χ1n) is 7.36. The van der Waals surface area contributed by atoms with Crippen LogP contribution in [0.3, 0.4) is 0 Å². The second kappa shape index (κ2) is 7.49. The number of carbonyl (C=O) groups is 2. The van der Waals surface area contributed by atoms with Crippen LogP contribution in [0, 0.1) is 6.92 Å². The maximum absolute atomic E-state index is 13.0. The van der Waals surface area contributed by atoms with E-state index in [2.05, 4.69) is 10.1 Å². The third kappa shape index (κ3) is 3.89. The molecule has 10 heteroatoms. The minimum absolute atomic E-state index is 0.0233. The van der Waals surface area contributed by atoms with E-state index < -0.39 is 15.4 Å². The smallest absolute Gasteiger partial charge is 0.254 e. The number of hydrogen-bond donors (Lipinski definition) is 1. The average Bonchev–Trinajstić information content (AvgIpc) is 3.20. The Hall–Kier alpha value is -1.50. The van der Waals surface area contributed by atoms with E-state index in [0.717, 1.165) is 0 Å². The second-order valence-electron chi connectivity index (χ2n) is 5.52. The molecule has 2 aromatic heterocycles. The van der Waals surface area contributed by atoms with Gasteiger partial charge < -0.3 is 9.51 Å². The maximum Gasteiger partial charge on any atom is 0.254 e. The van der Waals surface area contributed by atoms with Crippen LogP contribution in [0.2, 0.25) is 10.0 Å². The molecule has 0 unspecified atom stereocenters. The molecule has 140 valence electrons. The van der Waals surface area contributed by atoms with E-state index >= 15 is 0 Å². The van der Waals surface area contributed by atoms with Crippen molar-refractivity contribution in [2.24, 2.45) is 0 Å². The first-order chi connectivity index (χ1) is 12.6. The lowest BCUT2D eigenvalue weighted by Crippen LogP contribution is -2.19. The Labute approximate surface area is 178 Å². The van der Waals surface area contributed by atoms with E-state index in [4.69, 9.17) is 62.5 Å². The molecule has 0 amide bonds. The number of benzene rings is 1. The Balaban J connectivity index is 2.07. The number of aromatic amines is 1. The number of nitrogens with zero attached hydrogens (tertiary/aromatic N) is 1. The van der Waals surface area contributed by atoms with Gasteiger partial charge in [-0.25, -0.2) is 0 Å². The Bertz CT molecular complexity index is 1030. The van der Waals surface area contributed by atoms with E-state index in [1.807, 2.05) is 0 Å². The first kappa shape index (κ1) is 20.2. The summed E-state index contributed by atoms with van der Waals surface area (Å²) >= 11 is 29.2. The summed E-state index contributed by atoms with van der Waals surface area (Å²) in [5, 5.41) is 4.55. The van der Waals surface area contributed by atoms with Crippen LogP contribution < -0.4 is 0 Å². The van der Waals surface area contributed by atoms with Gasteiger partial charge in [-0.05, 0) is 25.1 Å². The quantitative estimate of drug-likeness (QED) is 0.374. The van der Waals surface area contributed by atoms with Crippen molar-refractivity contribution in [3.8, 4) is 11.3 Å². The van der Waals surface area contributed by atoms with Crippen LogP contribution in [0.25, 0.3) is 11.3 Å². The molecule has 0 aliphatic heterocycles. The minimum Gasteiger partial charge on any atom is -0.360 e. The number of carbonyl (C=O) groups excluding carboxylic acids is 2. The van der Waals surface area contributed by atoms with Gasteiger partial charge in [0, 0.05) is 17.3 Å². The zero-order valence-electron chi connectivity index (χ0n) is 13.4. The van der Waals surface area contributed by atoms with E-state index in [9.17, 15) is 9.59 Å². The number of H-pyrrole nitrogens is 1. The van der Waals surface area contributed by atoms with E-state index in [0.29, 0.717) is 15.6 Å². The second-order valence-corrected chi connectivity index (χ2v) is 8.61. The number of Topliss-reactive ketones (excluding diaryl/α,β-unsaturated/α-hetero) is 1. The predicted octanol–water partition coefficient (Wildman–Crippen LogP) is 6.07. The van der Waals surface area contributed by atoms with Crippen molar-refractivity contribution in [2.45, 2.75) is 10.7 Å². The van der Waals surface area contributed by atoms with Gasteiger partial charge >= 0.3 is 0 Å². The van der Waals surface area contributed by atoms with Crippen molar-refractivity contribution in [2.75, 3.05) is 0 Å². The molecule has 27 heavy (non-hydrogen) atoms. The van der Waals surface area contributed by atoms with Gasteiger partial charge in [0.05, 0.1) is 21.3 Å². The molecule has 1 N–H and O–H groups in total. The molecular formula is C17H9Cl5N2O3. The molecule has 1 aromatic carbocycles. The van der Waals surface area contributed by atoms with Crippen LogP contribution in [0.1, 0.15) is 32.2 Å². The lowest BCUT2D eigenvalue weighted by Gasteiger charge is -2.06. The molecule has 0 radical (unpaired) electrons. The topological polar surface area (TPSA) is 76.0 Å². The van der Waals surface area contributed by atoms with E-state index in [1.165, 1.54) is 12.3 Å². The maximum atomic E-state index is 13.0. The third-order valence-corrected chi connectivity index (χ3v) is 4.88. The van der Waals surface area contributed by atoms with E-state index in [-0.39, 0.29) is 28.3 Å². The molecule has 3 rings (SSSR count). The zero-order valence-corrected chi connectivity index (χ0v) is 17.2. The lowest BCUT2D eigenvalue weighted by atomic mass is 9.99. The largest absolute Gasteiger partial charge is 0.360 e. The normalized spacial score (nSPS) is 11.6. The fourth-order valence-electron chi connectivity index (χ4n) is 2.49. The SMILES string of the molecule is Cc1onc(-c2c(Cl)cccc2Cl)c1C(=O)c1c[nH]c(C(=O)C(Cl)(Cl)Cl)c1. The van der Waals surface area contributed by atoms with Crippen molar-refractivity contribution in [1.82, 2.24) is 10.1 Å². The Morgan fingerprint density at radius 1 is 1.15 bits per heavy atom. The van der Waals surface area contributed by atoms with Gasteiger partial charge in [-0.3, -0.25) is 9.59 Å². The molecule has 0 bridgehead atoms. The Morgan fingerprint density at radius 3 is 2.37 bits per heavy atom. The molecule has 0 saturated carbocycles. The minimum atomic E-state index is -2.14. The van der Waals surface area contributed by atoms with Crippen molar-refractivity contribution < 1.29 is 14.1 Å². The highest BCUT2D eigenvalue weighted by atomic mass is 35.6. The summed E-state index contributed by atoms with van der Waals surface area (Å²) in [6.07, 6.45) is 1.33. The van der Waals surface area contributed by atoms with Gasteiger partial charge in [-0.15, -0.1) is 0 Å². The zero-order chi connectivity index (χ0) is 19.9. The number of halogens is 5. The van der Waals surface area contributed by atoms with Gasteiger partial charge in [0.25, 0.3) is 3.79 Å². The summed E-state index contributed by atoms with van der Waals surface area (Å²) in [4.78, 5) is 27.7. The van der Waals surface area contributed by atoms with Crippen molar-refractivity contribution in [3.63, 3.8) is 0 Å². The molecular weight excluding hydrogens is 457 g/mol. The van der Waals surface area contributed by atoms with E-state index in [1.54, 1.807) is 25.1 Å². The van der Waals surface area contributed by atoms with Crippen LogP contribution in [0.4, 0.5) is 0 Å². The van der Waals surface area contributed by atoms with Crippen molar-refractivity contribution >= 4 is 69.6 Å². The van der Waals surface area contributed by atoms with Crippen LogP contribution in [0.5, 0.6) is 0 Å². The lowest BCUT2D eigenvalue weighted by molar-refractivity contribution is 0.0992. The Morgan fingerprint density at radius 2 is 1.78 bits per heavy atom.